The third kappa shape index (κ3) is 4.71. The van der Waals surface area contributed by atoms with Gasteiger partial charge >= 0.3 is 6.03 Å². The summed E-state index contributed by atoms with van der Waals surface area (Å²) in [5.41, 5.74) is 2.28. The first-order valence-electron chi connectivity index (χ1n) is 9.41. The quantitative estimate of drug-likeness (QED) is 0.836. The highest BCUT2D eigenvalue weighted by Gasteiger charge is 2.16. The highest BCUT2D eigenvalue weighted by molar-refractivity contribution is 5.88. The molecule has 1 aromatic carbocycles. The van der Waals surface area contributed by atoms with Crippen molar-refractivity contribution in [1.82, 2.24) is 15.5 Å². The average molecular weight is 353 g/mol. The smallest absolute Gasteiger partial charge is 0.320 e. The molecule has 2 amide bonds. The fourth-order valence-corrected chi connectivity index (χ4v) is 3.39. The lowest BCUT2D eigenvalue weighted by atomic mass is 9.96. The van der Waals surface area contributed by atoms with Gasteiger partial charge in [-0.2, -0.15) is 0 Å². The third-order valence-corrected chi connectivity index (χ3v) is 4.74. The summed E-state index contributed by atoms with van der Waals surface area (Å²) in [4.78, 5) is 14.2. The lowest BCUT2D eigenvalue weighted by Gasteiger charge is -2.23. The number of aromatic nitrogens is 2. The standard InChI is InChI=1S/C20H27N5O/c1-3-25(17-11-7-8-15(2)14-17)19-13-12-18(23-24-19)22-20(26)21-16-9-5-4-6-10-16/h7-8,11-14,16H,3-6,9-10H2,1-2H3,(H2,21,22,23,26). The van der Waals surface area contributed by atoms with Gasteiger partial charge in [0.1, 0.15) is 0 Å². The Morgan fingerprint density at radius 3 is 2.62 bits per heavy atom. The lowest BCUT2D eigenvalue weighted by Crippen LogP contribution is -2.39. The molecule has 0 saturated heterocycles. The molecule has 3 rings (SSSR count). The van der Waals surface area contributed by atoms with Crippen molar-refractivity contribution in [3.05, 3.63) is 42.0 Å². The molecule has 6 heteroatoms. The van der Waals surface area contributed by atoms with Crippen molar-refractivity contribution in [3.63, 3.8) is 0 Å². The number of hydrogen-bond donors (Lipinski definition) is 2. The SMILES string of the molecule is CCN(c1cccc(C)c1)c1ccc(NC(=O)NC2CCCCC2)nn1. The van der Waals surface area contributed by atoms with Gasteiger partial charge in [-0.05, 0) is 56.5 Å². The summed E-state index contributed by atoms with van der Waals surface area (Å²) in [5.74, 6) is 1.22. The number of amides is 2. The Morgan fingerprint density at radius 2 is 1.96 bits per heavy atom. The fraction of sp³-hybridized carbons (Fsp3) is 0.450. The van der Waals surface area contributed by atoms with Gasteiger partial charge in [-0.25, -0.2) is 4.79 Å². The maximum Gasteiger partial charge on any atom is 0.320 e. The van der Waals surface area contributed by atoms with Crippen LogP contribution < -0.4 is 15.5 Å². The number of rotatable bonds is 5. The van der Waals surface area contributed by atoms with E-state index in [9.17, 15) is 4.79 Å². The first-order valence-corrected chi connectivity index (χ1v) is 9.41. The van der Waals surface area contributed by atoms with E-state index in [0.29, 0.717) is 5.82 Å². The highest BCUT2D eigenvalue weighted by atomic mass is 16.2. The second kappa shape index (κ2) is 8.65. The molecule has 1 saturated carbocycles. The molecule has 138 valence electrons. The Hall–Kier alpha value is -2.63. The van der Waals surface area contributed by atoms with Crippen LogP contribution in [0.15, 0.2) is 36.4 Å². The molecule has 0 aliphatic heterocycles. The van der Waals surface area contributed by atoms with E-state index in [4.69, 9.17) is 0 Å². The molecule has 0 bridgehead atoms. The van der Waals surface area contributed by atoms with Crippen molar-refractivity contribution in [2.24, 2.45) is 0 Å². The van der Waals surface area contributed by atoms with E-state index in [-0.39, 0.29) is 12.1 Å². The maximum absolute atomic E-state index is 12.1. The highest BCUT2D eigenvalue weighted by Crippen LogP contribution is 2.24. The Balaban J connectivity index is 1.62. The molecule has 1 aliphatic carbocycles. The predicted octanol–water partition coefficient (Wildman–Crippen LogP) is 4.40. The third-order valence-electron chi connectivity index (χ3n) is 4.74. The molecule has 2 aromatic rings. The van der Waals surface area contributed by atoms with Crippen LogP contribution in [-0.2, 0) is 0 Å². The minimum absolute atomic E-state index is 0.204. The Kier molecular flexibility index (Phi) is 6.04. The molecule has 0 unspecified atom stereocenters. The maximum atomic E-state index is 12.1. The van der Waals surface area contributed by atoms with E-state index in [1.807, 2.05) is 12.1 Å². The topological polar surface area (TPSA) is 70.2 Å². The van der Waals surface area contributed by atoms with Gasteiger partial charge in [0.15, 0.2) is 11.6 Å². The van der Waals surface area contributed by atoms with E-state index >= 15 is 0 Å². The Morgan fingerprint density at radius 1 is 1.15 bits per heavy atom. The normalized spacial score (nSPS) is 14.7. The molecule has 1 aromatic heterocycles. The van der Waals surface area contributed by atoms with Gasteiger partial charge in [0.05, 0.1) is 0 Å². The van der Waals surface area contributed by atoms with Crippen molar-refractivity contribution >= 4 is 23.4 Å². The van der Waals surface area contributed by atoms with Gasteiger partial charge in [0.25, 0.3) is 0 Å². The van der Waals surface area contributed by atoms with Gasteiger partial charge in [0.2, 0.25) is 0 Å². The number of benzene rings is 1. The fourth-order valence-electron chi connectivity index (χ4n) is 3.39. The van der Waals surface area contributed by atoms with E-state index in [1.165, 1.54) is 24.8 Å². The van der Waals surface area contributed by atoms with Gasteiger partial charge in [0, 0.05) is 18.3 Å². The summed E-state index contributed by atoms with van der Waals surface area (Å²) >= 11 is 0. The average Bonchev–Trinajstić information content (AvgIpc) is 2.64. The number of nitrogens with zero attached hydrogens (tertiary/aromatic N) is 3. The molecular weight excluding hydrogens is 326 g/mol. The van der Waals surface area contributed by atoms with Crippen LogP contribution in [0.5, 0.6) is 0 Å². The molecule has 6 nitrogen and oxygen atoms in total. The Labute approximate surface area is 155 Å². The number of urea groups is 1. The van der Waals surface area contributed by atoms with Crippen molar-refractivity contribution < 1.29 is 4.79 Å². The van der Waals surface area contributed by atoms with Crippen LogP contribution in [0.4, 0.5) is 22.1 Å². The van der Waals surface area contributed by atoms with Crippen molar-refractivity contribution in [3.8, 4) is 0 Å². The van der Waals surface area contributed by atoms with Gasteiger partial charge in [-0.15, -0.1) is 10.2 Å². The van der Waals surface area contributed by atoms with Crippen LogP contribution in [-0.4, -0.2) is 28.8 Å². The van der Waals surface area contributed by atoms with Crippen LogP contribution in [0.2, 0.25) is 0 Å². The zero-order valence-corrected chi connectivity index (χ0v) is 15.5. The predicted molar refractivity (Wildman–Crippen MR) is 105 cm³/mol. The number of aryl methyl sites for hydroxylation is 1. The second-order valence-electron chi connectivity index (χ2n) is 6.79. The zero-order valence-electron chi connectivity index (χ0n) is 15.5. The van der Waals surface area contributed by atoms with Crippen LogP contribution in [0.25, 0.3) is 0 Å². The minimum atomic E-state index is -0.204. The molecular formula is C20H27N5O. The molecule has 1 fully saturated rings. The summed E-state index contributed by atoms with van der Waals surface area (Å²) in [7, 11) is 0. The lowest BCUT2D eigenvalue weighted by molar-refractivity contribution is 0.244. The van der Waals surface area contributed by atoms with E-state index in [2.05, 4.69) is 57.8 Å². The molecule has 2 N–H and O–H groups in total. The summed E-state index contributed by atoms with van der Waals surface area (Å²) in [5, 5.41) is 14.3. The van der Waals surface area contributed by atoms with Crippen LogP contribution in [0.3, 0.4) is 0 Å². The zero-order chi connectivity index (χ0) is 18.4. The van der Waals surface area contributed by atoms with E-state index in [1.54, 1.807) is 6.07 Å². The monoisotopic (exact) mass is 353 g/mol. The molecule has 0 radical (unpaired) electrons. The molecule has 1 aliphatic rings. The molecule has 26 heavy (non-hydrogen) atoms. The van der Waals surface area contributed by atoms with Crippen LogP contribution >= 0.6 is 0 Å². The summed E-state index contributed by atoms with van der Waals surface area (Å²) in [6.45, 7) is 4.93. The first-order chi connectivity index (χ1) is 12.7. The van der Waals surface area contributed by atoms with Crippen molar-refractivity contribution in [1.29, 1.82) is 0 Å². The van der Waals surface area contributed by atoms with Gasteiger partial charge in [-0.3, -0.25) is 5.32 Å². The van der Waals surface area contributed by atoms with E-state index in [0.717, 1.165) is 30.9 Å². The number of hydrogen-bond acceptors (Lipinski definition) is 4. The Bertz CT molecular complexity index is 725. The van der Waals surface area contributed by atoms with Crippen LogP contribution in [0, 0.1) is 6.92 Å². The van der Waals surface area contributed by atoms with Crippen molar-refractivity contribution in [2.75, 3.05) is 16.8 Å². The number of nitrogens with one attached hydrogen (secondary N) is 2. The second-order valence-corrected chi connectivity index (χ2v) is 6.79. The van der Waals surface area contributed by atoms with Gasteiger partial charge < -0.3 is 10.2 Å². The first kappa shape index (κ1) is 18.2. The van der Waals surface area contributed by atoms with Gasteiger partial charge in [-0.1, -0.05) is 31.4 Å². The number of carbonyl (C=O) groups excluding carboxylic acids is 1. The van der Waals surface area contributed by atoms with Crippen molar-refractivity contribution in [2.45, 2.75) is 52.0 Å². The number of carbonyl (C=O) groups is 1. The van der Waals surface area contributed by atoms with Crippen LogP contribution in [0.1, 0.15) is 44.6 Å². The summed E-state index contributed by atoms with van der Waals surface area (Å²) in [6, 6.07) is 12.0. The van der Waals surface area contributed by atoms with E-state index < -0.39 is 0 Å². The molecule has 0 spiro atoms. The number of anilines is 3. The summed E-state index contributed by atoms with van der Waals surface area (Å²) in [6.07, 6.45) is 5.75. The minimum Gasteiger partial charge on any atom is -0.335 e. The largest absolute Gasteiger partial charge is 0.335 e. The molecule has 0 atom stereocenters. The summed E-state index contributed by atoms with van der Waals surface area (Å²) < 4.78 is 0. The molecule has 1 heterocycles.